The summed E-state index contributed by atoms with van der Waals surface area (Å²) in [6, 6.07) is 13.7. The lowest BCUT2D eigenvalue weighted by Gasteiger charge is -2.15. The third-order valence-corrected chi connectivity index (χ3v) is 5.54. The highest BCUT2D eigenvalue weighted by Gasteiger charge is 2.21. The molecule has 0 atom stereocenters. The molecule has 2 heterocycles. The Morgan fingerprint density at radius 3 is 2.58 bits per heavy atom. The highest BCUT2D eigenvalue weighted by Crippen LogP contribution is 2.29. The van der Waals surface area contributed by atoms with Crippen molar-refractivity contribution >= 4 is 17.7 Å². The minimum atomic E-state index is -0.830. The average molecular weight is 549 g/mol. The van der Waals surface area contributed by atoms with Crippen molar-refractivity contribution in [3.63, 3.8) is 0 Å². The number of benzene rings is 2. The van der Waals surface area contributed by atoms with Crippen molar-refractivity contribution in [3.8, 4) is 22.9 Å². The lowest BCUT2D eigenvalue weighted by atomic mass is 10.2. The van der Waals surface area contributed by atoms with Crippen molar-refractivity contribution < 1.29 is 27.8 Å². The zero-order chi connectivity index (χ0) is 28.5. The Balaban J connectivity index is 1.61. The number of rotatable bonds is 11. The van der Waals surface area contributed by atoms with Crippen LogP contribution in [0.15, 0.2) is 84.1 Å². The van der Waals surface area contributed by atoms with E-state index in [0.29, 0.717) is 18.0 Å². The van der Waals surface area contributed by atoms with E-state index in [0.717, 1.165) is 6.07 Å². The third kappa shape index (κ3) is 6.69. The average Bonchev–Trinajstić information content (AvgIpc) is 2.94. The molecule has 0 radical (unpaired) electrons. The summed E-state index contributed by atoms with van der Waals surface area (Å²) in [4.78, 5) is 30.8. The first-order valence-corrected chi connectivity index (χ1v) is 12.3. The summed E-state index contributed by atoms with van der Waals surface area (Å²) in [5.41, 5.74) is 5.21. The van der Waals surface area contributed by atoms with Crippen molar-refractivity contribution in [2.45, 2.75) is 6.92 Å². The van der Waals surface area contributed by atoms with E-state index in [9.17, 15) is 18.4 Å². The van der Waals surface area contributed by atoms with Crippen LogP contribution in [0.25, 0.3) is 11.8 Å². The van der Waals surface area contributed by atoms with E-state index in [1.165, 1.54) is 65.5 Å². The lowest BCUT2D eigenvalue weighted by Crippen LogP contribution is -2.29. The predicted octanol–water partition coefficient (Wildman–Crippen LogP) is 4.90. The maximum Gasteiger partial charge on any atom is 0.271 e. The zero-order valence-corrected chi connectivity index (χ0v) is 21.5. The number of ether oxygens (including phenoxy) is 3. The quantitative estimate of drug-likeness (QED) is 0.256. The van der Waals surface area contributed by atoms with Crippen molar-refractivity contribution in [2.75, 3.05) is 25.1 Å². The normalized spacial score (nSPS) is 11.0. The van der Waals surface area contributed by atoms with Gasteiger partial charge < -0.3 is 25.3 Å². The number of hydrogen-bond donors (Lipinski definition) is 2. The van der Waals surface area contributed by atoms with E-state index >= 15 is 0 Å². The van der Waals surface area contributed by atoms with Crippen molar-refractivity contribution in [1.82, 2.24) is 9.55 Å². The van der Waals surface area contributed by atoms with Crippen LogP contribution in [-0.4, -0.2) is 35.3 Å². The molecule has 0 saturated heterocycles. The number of halogens is 2. The van der Waals surface area contributed by atoms with E-state index in [-0.39, 0.29) is 41.7 Å². The van der Waals surface area contributed by atoms with E-state index < -0.39 is 23.1 Å². The van der Waals surface area contributed by atoms with Crippen LogP contribution in [0.1, 0.15) is 23.0 Å². The molecule has 1 amide bonds. The number of anilines is 1. The number of pyridine rings is 2. The largest absolute Gasteiger partial charge is 0.490 e. The molecule has 206 valence electrons. The predicted molar refractivity (Wildman–Crippen MR) is 146 cm³/mol. The van der Waals surface area contributed by atoms with Gasteiger partial charge in [-0.25, -0.2) is 8.78 Å². The van der Waals surface area contributed by atoms with E-state index in [1.54, 1.807) is 18.3 Å². The summed E-state index contributed by atoms with van der Waals surface area (Å²) in [7, 11) is 0. The van der Waals surface area contributed by atoms with Crippen molar-refractivity contribution in [1.29, 1.82) is 0 Å². The van der Waals surface area contributed by atoms with Gasteiger partial charge in [-0.15, -0.1) is 0 Å². The molecular formula is C29H26F2N4O5. The standard InChI is InChI=1S/C29H26F2N4O5/c1-2-38-16-17-39-26-12-15-35(21-8-5-19(30)6-9-21)29(37)27(26)28(36)34-20-7-10-24(22(31)18-20)40-25-4-3-14-33-23(25)11-13-32/h3-15,18H,2,16-17,32H2,1H3,(H,34,36). The molecule has 4 aromatic rings. The number of nitrogens with zero attached hydrogens (tertiary/aromatic N) is 2. The minimum absolute atomic E-state index is 0.0121. The second-order valence-corrected chi connectivity index (χ2v) is 8.20. The Bertz CT molecular complexity index is 1570. The molecule has 0 unspecified atom stereocenters. The highest BCUT2D eigenvalue weighted by atomic mass is 19.1. The summed E-state index contributed by atoms with van der Waals surface area (Å²) in [5, 5.41) is 2.53. The first-order chi connectivity index (χ1) is 19.4. The van der Waals surface area contributed by atoms with Crippen LogP contribution in [0.4, 0.5) is 14.5 Å². The van der Waals surface area contributed by atoms with Gasteiger partial charge in [-0.05, 0) is 73.8 Å². The zero-order valence-electron chi connectivity index (χ0n) is 21.5. The van der Waals surface area contributed by atoms with Gasteiger partial charge >= 0.3 is 0 Å². The number of hydrogen-bond acceptors (Lipinski definition) is 7. The fourth-order valence-electron chi connectivity index (χ4n) is 3.69. The van der Waals surface area contributed by atoms with Crippen LogP contribution in [0, 0.1) is 11.6 Å². The van der Waals surface area contributed by atoms with Crippen LogP contribution in [0.2, 0.25) is 0 Å². The van der Waals surface area contributed by atoms with Gasteiger partial charge in [0.1, 0.15) is 29.4 Å². The van der Waals surface area contributed by atoms with Gasteiger partial charge in [-0.2, -0.15) is 0 Å². The number of amides is 1. The number of aromatic nitrogens is 2. The van der Waals surface area contributed by atoms with Crippen LogP contribution >= 0.6 is 0 Å². The molecule has 0 bridgehead atoms. The van der Waals surface area contributed by atoms with Gasteiger partial charge in [0.25, 0.3) is 11.5 Å². The number of nitrogens with one attached hydrogen (secondary N) is 1. The molecule has 3 N–H and O–H groups in total. The minimum Gasteiger partial charge on any atom is -0.490 e. The molecule has 0 spiro atoms. The Labute approximate surface area is 228 Å². The lowest BCUT2D eigenvalue weighted by molar-refractivity contribution is 0.0995. The smallest absolute Gasteiger partial charge is 0.271 e. The third-order valence-electron chi connectivity index (χ3n) is 5.54. The molecule has 0 aliphatic rings. The monoisotopic (exact) mass is 548 g/mol. The molecule has 4 rings (SSSR count). The van der Waals surface area contributed by atoms with Gasteiger partial charge in [0.2, 0.25) is 0 Å². The van der Waals surface area contributed by atoms with Crippen LogP contribution in [0.3, 0.4) is 0 Å². The SMILES string of the molecule is CCOCCOc1ccn(-c2ccc(F)cc2)c(=O)c1C(=O)Nc1ccc(Oc2cccnc2C=CN)c(F)c1. The second kappa shape index (κ2) is 13.2. The summed E-state index contributed by atoms with van der Waals surface area (Å²) in [6.07, 6.45) is 5.75. The van der Waals surface area contributed by atoms with E-state index in [2.05, 4.69) is 10.3 Å². The first kappa shape index (κ1) is 28.0. The second-order valence-electron chi connectivity index (χ2n) is 8.20. The number of carbonyl (C=O) groups is 1. The topological polar surface area (TPSA) is 118 Å². The Hall–Kier alpha value is -5.03. The summed E-state index contributed by atoms with van der Waals surface area (Å²) in [5.74, 6) is -1.90. The number of nitrogens with two attached hydrogens (primary N) is 1. The highest BCUT2D eigenvalue weighted by molar-refractivity contribution is 6.06. The summed E-state index contributed by atoms with van der Waals surface area (Å²) in [6.45, 7) is 2.63. The molecule has 2 aromatic heterocycles. The van der Waals surface area contributed by atoms with E-state index in [4.69, 9.17) is 19.9 Å². The van der Waals surface area contributed by atoms with Crippen molar-refractivity contribution in [2.24, 2.45) is 5.73 Å². The van der Waals surface area contributed by atoms with Gasteiger partial charge in [0.05, 0.1) is 6.61 Å². The molecule has 11 heteroatoms. The molecule has 0 saturated carbocycles. The van der Waals surface area contributed by atoms with Gasteiger partial charge in [-0.1, -0.05) is 0 Å². The van der Waals surface area contributed by atoms with Crippen LogP contribution < -0.4 is 26.1 Å². The molecule has 0 fully saturated rings. The Kier molecular flexibility index (Phi) is 9.21. The van der Waals surface area contributed by atoms with Crippen molar-refractivity contribution in [3.05, 3.63) is 113 Å². The fourth-order valence-corrected chi connectivity index (χ4v) is 3.69. The Morgan fingerprint density at radius 2 is 1.85 bits per heavy atom. The van der Waals surface area contributed by atoms with Gasteiger partial charge in [0, 0.05) is 36.4 Å². The maximum atomic E-state index is 14.9. The van der Waals surface area contributed by atoms with Crippen LogP contribution in [0.5, 0.6) is 17.2 Å². The molecule has 0 aliphatic carbocycles. The Morgan fingerprint density at radius 1 is 1.05 bits per heavy atom. The molecule has 2 aromatic carbocycles. The maximum absolute atomic E-state index is 14.9. The molecular weight excluding hydrogens is 522 g/mol. The summed E-state index contributed by atoms with van der Waals surface area (Å²) < 4.78 is 46.1. The van der Waals surface area contributed by atoms with E-state index in [1.807, 2.05) is 6.92 Å². The van der Waals surface area contributed by atoms with Crippen LogP contribution in [-0.2, 0) is 4.74 Å². The first-order valence-electron chi connectivity index (χ1n) is 12.3. The molecule has 40 heavy (non-hydrogen) atoms. The molecule has 0 aliphatic heterocycles. The van der Waals surface area contributed by atoms with Gasteiger partial charge in [0.15, 0.2) is 17.3 Å². The molecule has 9 nitrogen and oxygen atoms in total. The van der Waals surface area contributed by atoms with Gasteiger partial charge in [-0.3, -0.25) is 19.1 Å². The fraction of sp³-hybridized carbons (Fsp3) is 0.138. The summed E-state index contributed by atoms with van der Waals surface area (Å²) >= 11 is 0. The number of carbonyl (C=O) groups excluding carboxylic acids is 1.